The van der Waals surface area contributed by atoms with Gasteiger partial charge in [-0.3, -0.25) is 0 Å². The molecule has 0 saturated carbocycles. The molecule has 0 aliphatic rings. The summed E-state index contributed by atoms with van der Waals surface area (Å²) in [4.78, 5) is 12.9. The molecule has 0 aliphatic heterocycles. The van der Waals surface area contributed by atoms with Crippen LogP contribution in [0.4, 0.5) is 5.82 Å². The zero-order valence-corrected chi connectivity index (χ0v) is 14.7. The van der Waals surface area contributed by atoms with E-state index < -0.39 is 0 Å². The van der Waals surface area contributed by atoms with E-state index in [0.717, 1.165) is 16.9 Å². The maximum absolute atomic E-state index is 5.43. The Kier molecular flexibility index (Phi) is 4.74. The Morgan fingerprint density at radius 2 is 1.85 bits per heavy atom. The fourth-order valence-corrected chi connectivity index (χ4v) is 2.59. The van der Waals surface area contributed by atoms with E-state index in [9.17, 15) is 0 Å². The zero-order chi connectivity index (χ0) is 18.5. The predicted molar refractivity (Wildman–Crippen MR) is 101 cm³/mol. The minimum atomic E-state index is 0.367. The van der Waals surface area contributed by atoms with E-state index in [1.807, 2.05) is 54.6 Å². The van der Waals surface area contributed by atoms with Gasteiger partial charge in [-0.15, -0.1) is 0 Å². The average Bonchev–Trinajstić information content (AvgIpc) is 3.23. The summed E-state index contributed by atoms with van der Waals surface area (Å²) in [5.41, 5.74) is 2.63. The molecule has 2 aromatic heterocycles. The summed E-state index contributed by atoms with van der Waals surface area (Å²) in [6, 6.07) is 17.5. The Morgan fingerprint density at radius 1 is 1.04 bits per heavy atom. The van der Waals surface area contributed by atoms with Gasteiger partial charge in [0, 0.05) is 18.3 Å². The van der Waals surface area contributed by atoms with E-state index in [2.05, 4.69) is 25.4 Å². The van der Waals surface area contributed by atoms with E-state index in [1.165, 1.54) is 6.33 Å². The fourth-order valence-electron chi connectivity index (χ4n) is 2.59. The lowest BCUT2D eigenvalue weighted by Gasteiger charge is -2.08. The quantitative estimate of drug-likeness (QED) is 0.560. The average molecular weight is 359 g/mol. The van der Waals surface area contributed by atoms with E-state index in [0.29, 0.717) is 29.6 Å². The highest BCUT2D eigenvalue weighted by Crippen LogP contribution is 2.26. The third-order valence-corrected chi connectivity index (χ3v) is 4.02. The van der Waals surface area contributed by atoms with E-state index >= 15 is 0 Å². The predicted octanol–water partition coefficient (Wildman–Crippen LogP) is 3.81. The molecule has 0 aliphatic carbocycles. The van der Waals surface area contributed by atoms with Crippen LogP contribution in [0.2, 0.25) is 0 Å². The summed E-state index contributed by atoms with van der Waals surface area (Å²) in [5.74, 6) is 2.34. The maximum atomic E-state index is 5.43. The van der Waals surface area contributed by atoms with Crippen LogP contribution in [0.5, 0.6) is 5.75 Å². The SMILES string of the molecule is COc1ccc(CNc2ncncc2-c2nc(-c3ccccc3)no2)cc1. The molecule has 0 saturated heterocycles. The van der Waals surface area contributed by atoms with Gasteiger partial charge in [-0.2, -0.15) is 4.98 Å². The Hall–Kier alpha value is -3.74. The summed E-state index contributed by atoms with van der Waals surface area (Å²) < 4.78 is 10.6. The number of nitrogens with zero attached hydrogens (tertiary/aromatic N) is 4. The third-order valence-electron chi connectivity index (χ3n) is 4.02. The van der Waals surface area contributed by atoms with Crippen LogP contribution in [-0.2, 0) is 6.54 Å². The second-order valence-electron chi connectivity index (χ2n) is 5.78. The van der Waals surface area contributed by atoms with Crippen molar-refractivity contribution in [2.45, 2.75) is 6.54 Å². The number of methoxy groups -OCH3 is 1. The molecule has 2 heterocycles. The van der Waals surface area contributed by atoms with Crippen molar-refractivity contribution in [2.24, 2.45) is 0 Å². The molecule has 7 heteroatoms. The lowest BCUT2D eigenvalue weighted by Crippen LogP contribution is -2.03. The van der Waals surface area contributed by atoms with Gasteiger partial charge in [0.2, 0.25) is 5.82 Å². The van der Waals surface area contributed by atoms with Crippen molar-refractivity contribution in [3.63, 3.8) is 0 Å². The first-order valence-corrected chi connectivity index (χ1v) is 8.40. The Balaban J connectivity index is 1.55. The van der Waals surface area contributed by atoms with Gasteiger partial charge in [-0.25, -0.2) is 9.97 Å². The van der Waals surface area contributed by atoms with E-state index in [-0.39, 0.29) is 0 Å². The number of rotatable bonds is 6. The largest absolute Gasteiger partial charge is 0.497 e. The minimum absolute atomic E-state index is 0.367. The number of nitrogens with one attached hydrogen (secondary N) is 1. The van der Waals surface area contributed by atoms with Crippen molar-refractivity contribution >= 4 is 5.82 Å². The second kappa shape index (κ2) is 7.65. The smallest absolute Gasteiger partial charge is 0.263 e. The topological polar surface area (TPSA) is 86.0 Å². The molecule has 0 bridgehead atoms. The summed E-state index contributed by atoms with van der Waals surface area (Å²) in [5, 5.41) is 7.35. The van der Waals surface area contributed by atoms with Crippen molar-refractivity contribution in [3.05, 3.63) is 72.7 Å². The second-order valence-corrected chi connectivity index (χ2v) is 5.78. The van der Waals surface area contributed by atoms with Gasteiger partial charge < -0.3 is 14.6 Å². The molecule has 1 N–H and O–H groups in total. The maximum Gasteiger partial charge on any atom is 0.263 e. The zero-order valence-electron chi connectivity index (χ0n) is 14.7. The van der Waals surface area contributed by atoms with Crippen molar-refractivity contribution in [1.29, 1.82) is 0 Å². The molecular weight excluding hydrogens is 342 g/mol. The van der Waals surface area contributed by atoms with Crippen LogP contribution in [0.15, 0.2) is 71.6 Å². The highest BCUT2D eigenvalue weighted by molar-refractivity contribution is 5.69. The van der Waals surface area contributed by atoms with Gasteiger partial charge in [-0.1, -0.05) is 47.6 Å². The Bertz CT molecular complexity index is 1020. The van der Waals surface area contributed by atoms with Crippen molar-refractivity contribution in [3.8, 4) is 28.6 Å². The highest BCUT2D eigenvalue weighted by atomic mass is 16.5. The van der Waals surface area contributed by atoms with Gasteiger partial charge in [0.1, 0.15) is 23.5 Å². The van der Waals surface area contributed by atoms with Crippen LogP contribution in [0.3, 0.4) is 0 Å². The standard InChI is InChI=1S/C20H17N5O2/c1-26-16-9-7-14(8-10-16)11-22-19-17(12-21-13-23-19)20-24-18(25-27-20)15-5-3-2-4-6-15/h2-10,12-13H,11H2,1H3,(H,21,22,23). The Morgan fingerprint density at radius 3 is 2.63 bits per heavy atom. The molecular formula is C20H17N5O2. The van der Waals surface area contributed by atoms with Crippen LogP contribution in [0.1, 0.15) is 5.56 Å². The third kappa shape index (κ3) is 3.77. The van der Waals surface area contributed by atoms with Crippen LogP contribution >= 0.6 is 0 Å². The molecule has 4 aromatic rings. The van der Waals surface area contributed by atoms with Gasteiger partial charge >= 0.3 is 0 Å². The number of hydrogen-bond acceptors (Lipinski definition) is 7. The summed E-state index contributed by atoms with van der Waals surface area (Å²) >= 11 is 0. The van der Waals surface area contributed by atoms with Gasteiger partial charge in [-0.05, 0) is 17.7 Å². The molecule has 0 radical (unpaired) electrons. The summed E-state index contributed by atoms with van der Waals surface area (Å²) in [6.45, 7) is 0.591. The van der Waals surface area contributed by atoms with Gasteiger partial charge in [0.05, 0.1) is 7.11 Å². The summed E-state index contributed by atoms with van der Waals surface area (Å²) in [6.07, 6.45) is 3.14. The first-order valence-electron chi connectivity index (χ1n) is 8.40. The number of hydrogen-bond donors (Lipinski definition) is 1. The minimum Gasteiger partial charge on any atom is -0.497 e. The molecule has 0 amide bonds. The molecule has 0 fully saturated rings. The summed E-state index contributed by atoms with van der Waals surface area (Å²) in [7, 11) is 1.65. The first-order chi connectivity index (χ1) is 13.3. The lowest BCUT2D eigenvalue weighted by atomic mass is 10.2. The molecule has 27 heavy (non-hydrogen) atoms. The van der Waals surface area contributed by atoms with Gasteiger partial charge in [0.15, 0.2) is 0 Å². The highest BCUT2D eigenvalue weighted by Gasteiger charge is 2.15. The van der Waals surface area contributed by atoms with Crippen LogP contribution in [0.25, 0.3) is 22.8 Å². The number of benzene rings is 2. The fraction of sp³-hybridized carbons (Fsp3) is 0.100. The van der Waals surface area contributed by atoms with Gasteiger partial charge in [0.25, 0.3) is 5.89 Å². The molecule has 134 valence electrons. The molecule has 7 nitrogen and oxygen atoms in total. The van der Waals surface area contributed by atoms with Crippen LogP contribution in [-0.4, -0.2) is 27.2 Å². The number of ether oxygens (including phenoxy) is 1. The molecule has 0 spiro atoms. The normalized spacial score (nSPS) is 10.6. The first kappa shape index (κ1) is 16.7. The molecule has 0 atom stereocenters. The molecule has 0 unspecified atom stereocenters. The van der Waals surface area contributed by atoms with E-state index in [4.69, 9.17) is 9.26 Å². The molecule has 4 rings (SSSR count). The van der Waals surface area contributed by atoms with Crippen molar-refractivity contribution < 1.29 is 9.26 Å². The molecule has 2 aromatic carbocycles. The van der Waals surface area contributed by atoms with Crippen LogP contribution < -0.4 is 10.1 Å². The van der Waals surface area contributed by atoms with Crippen molar-refractivity contribution in [2.75, 3.05) is 12.4 Å². The number of aromatic nitrogens is 4. The lowest BCUT2D eigenvalue weighted by molar-refractivity contribution is 0.414. The van der Waals surface area contributed by atoms with E-state index in [1.54, 1.807) is 13.3 Å². The monoisotopic (exact) mass is 359 g/mol. The number of anilines is 1. The van der Waals surface area contributed by atoms with Crippen LogP contribution in [0, 0.1) is 0 Å². The van der Waals surface area contributed by atoms with Crippen molar-refractivity contribution in [1.82, 2.24) is 20.1 Å². The Labute approximate surface area is 156 Å².